The lowest BCUT2D eigenvalue weighted by Crippen LogP contribution is -1.97. The Kier molecular flexibility index (Phi) is 1.83. The molecule has 0 aromatic carbocycles. The van der Waals surface area contributed by atoms with Crippen molar-refractivity contribution in [1.29, 1.82) is 0 Å². The van der Waals surface area contributed by atoms with Crippen LogP contribution in [-0.4, -0.2) is 22.6 Å². The van der Waals surface area contributed by atoms with E-state index < -0.39 is 5.97 Å². The lowest BCUT2D eigenvalue weighted by molar-refractivity contribution is -0.137. The molecule has 0 spiro atoms. The van der Waals surface area contributed by atoms with Crippen LogP contribution in [0.2, 0.25) is 0 Å². The number of carboxylic acid groups (broad SMARTS) is 1. The van der Waals surface area contributed by atoms with E-state index in [-0.39, 0.29) is 0 Å². The van der Waals surface area contributed by atoms with Crippen LogP contribution in [0.15, 0.2) is 0 Å². The number of carbonyl (C=O) groups is 1. The van der Waals surface area contributed by atoms with E-state index >= 15 is 0 Å². The lowest BCUT2D eigenvalue weighted by Gasteiger charge is -2.05. The Bertz CT molecular complexity index is 169. The van der Waals surface area contributed by atoms with Crippen LogP contribution in [0, 0.1) is 17.8 Å². The third-order valence-electron chi connectivity index (χ3n) is 2.83. The summed E-state index contributed by atoms with van der Waals surface area (Å²) in [5, 5.41) is 8.56. The average Bonchev–Trinajstić information content (AvgIpc) is 2.64. The first kappa shape index (κ1) is 7.47. The zero-order valence-corrected chi connectivity index (χ0v) is 7.14. The van der Waals surface area contributed by atoms with Gasteiger partial charge >= 0.3 is 5.97 Å². The van der Waals surface area contributed by atoms with Crippen LogP contribution in [-0.2, 0) is 4.79 Å². The molecule has 3 atom stereocenters. The highest BCUT2D eigenvalue weighted by Gasteiger charge is 2.51. The van der Waals surface area contributed by atoms with Gasteiger partial charge < -0.3 is 5.11 Å². The number of rotatable bonds is 2. The highest BCUT2D eigenvalue weighted by Crippen LogP contribution is 2.55. The molecule has 1 N–H and O–H groups in total. The summed E-state index contributed by atoms with van der Waals surface area (Å²) >= 11 is 1.98. The maximum absolute atomic E-state index is 10.4. The van der Waals surface area contributed by atoms with Crippen molar-refractivity contribution < 1.29 is 9.90 Å². The number of hydrogen-bond donors (Lipinski definition) is 1. The monoisotopic (exact) mass is 172 g/mol. The van der Waals surface area contributed by atoms with Crippen molar-refractivity contribution in [3.8, 4) is 0 Å². The number of aliphatic carboxylic acids is 1. The molecule has 3 heteroatoms. The van der Waals surface area contributed by atoms with Crippen molar-refractivity contribution in [3.63, 3.8) is 0 Å². The second kappa shape index (κ2) is 2.70. The zero-order valence-electron chi connectivity index (χ0n) is 6.32. The van der Waals surface area contributed by atoms with Gasteiger partial charge in [0.05, 0.1) is 0 Å². The Hall–Kier alpha value is -0.180. The van der Waals surface area contributed by atoms with E-state index in [1.807, 2.05) is 11.8 Å². The molecule has 62 valence electrons. The van der Waals surface area contributed by atoms with Crippen LogP contribution < -0.4 is 0 Å². The Labute approximate surface area is 70.4 Å². The Morgan fingerprint density at radius 2 is 2.36 bits per heavy atom. The molecule has 2 fully saturated rings. The van der Waals surface area contributed by atoms with Crippen molar-refractivity contribution in [1.82, 2.24) is 0 Å². The van der Waals surface area contributed by atoms with Gasteiger partial charge in [0.1, 0.15) is 0 Å². The largest absolute Gasteiger partial charge is 0.481 e. The number of thioether (sulfide) groups is 1. The molecule has 2 nitrogen and oxygen atoms in total. The van der Waals surface area contributed by atoms with Crippen molar-refractivity contribution in [2.75, 3.05) is 11.5 Å². The van der Waals surface area contributed by atoms with E-state index in [4.69, 9.17) is 5.11 Å². The van der Waals surface area contributed by atoms with Gasteiger partial charge in [-0.05, 0) is 35.7 Å². The van der Waals surface area contributed by atoms with E-state index in [1.54, 1.807) is 0 Å². The first-order valence-electron chi connectivity index (χ1n) is 4.08. The van der Waals surface area contributed by atoms with Crippen molar-refractivity contribution >= 4 is 17.7 Å². The van der Waals surface area contributed by atoms with E-state index in [2.05, 4.69) is 0 Å². The maximum atomic E-state index is 10.4. The van der Waals surface area contributed by atoms with Crippen LogP contribution in [0.4, 0.5) is 0 Å². The van der Waals surface area contributed by atoms with Gasteiger partial charge in [0, 0.05) is 6.42 Å². The molecule has 0 amide bonds. The first-order chi connectivity index (χ1) is 5.29. The van der Waals surface area contributed by atoms with Gasteiger partial charge in [-0.3, -0.25) is 4.79 Å². The van der Waals surface area contributed by atoms with Crippen molar-refractivity contribution in [3.05, 3.63) is 0 Å². The molecule has 11 heavy (non-hydrogen) atoms. The molecule has 1 saturated heterocycles. The molecule has 3 unspecified atom stereocenters. The van der Waals surface area contributed by atoms with Crippen molar-refractivity contribution in [2.24, 2.45) is 17.8 Å². The van der Waals surface area contributed by atoms with E-state index in [9.17, 15) is 4.79 Å². The predicted molar refractivity (Wildman–Crippen MR) is 44.7 cm³/mol. The highest BCUT2D eigenvalue weighted by atomic mass is 32.2. The maximum Gasteiger partial charge on any atom is 0.303 e. The predicted octanol–water partition coefficient (Wildman–Crippen LogP) is 1.46. The lowest BCUT2D eigenvalue weighted by atomic mass is 10.2. The fourth-order valence-electron chi connectivity index (χ4n) is 2.14. The third kappa shape index (κ3) is 1.39. The number of carboxylic acids is 1. The van der Waals surface area contributed by atoms with Crippen LogP contribution in [0.3, 0.4) is 0 Å². The van der Waals surface area contributed by atoms with Crippen LogP contribution in [0.25, 0.3) is 0 Å². The first-order valence-corrected chi connectivity index (χ1v) is 5.24. The fourth-order valence-corrected chi connectivity index (χ4v) is 3.51. The molecule has 0 bridgehead atoms. The van der Waals surface area contributed by atoms with E-state index in [0.717, 1.165) is 11.8 Å². The van der Waals surface area contributed by atoms with Gasteiger partial charge in [-0.25, -0.2) is 0 Å². The van der Waals surface area contributed by atoms with Crippen LogP contribution >= 0.6 is 11.8 Å². The SMILES string of the molecule is O=C(O)CC1C2CCSCC21. The molecule has 1 aliphatic heterocycles. The smallest absolute Gasteiger partial charge is 0.303 e. The topological polar surface area (TPSA) is 37.3 Å². The van der Waals surface area contributed by atoms with Gasteiger partial charge in [0.2, 0.25) is 0 Å². The van der Waals surface area contributed by atoms with Crippen LogP contribution in [0.1, 0.15) is 12.8 Å². The normalized spacial score (nSPS) is 41.3. The Morgan fingerprint density at radius 1 is 1.55 bits per heavy atom. The molecular weight excluding hydrogens is 160 g/mol. The average molecular weight is 172 g/mol. The van der Waals surface area contributed by atoms with Crippen LogP contribution in [0.5, 0.6) is 0 Å². The minimum atomic E-state index is -0.616. The summed E-state index contributed by atoms with van der Waals surface area (Å²) in [7, 11) is 0. The quantitative estimate of drug-likeness (QED) is 0.685. The summed E-state index contributed by atoms with van der Waals surface area (Å²) in [6.45, 7) is 0. The Morgan fingerprint density at radius 3 is 2.91 bits per heavy atom. The molecule has 0 radical (unpaired) electrons. The zero-order chi connectivity index (χ0) is 7.84. The van der Waals surface area contributed by atoms with Gasteiger partial charge in [0.15, 0.2) is 0 Å². The summed E-state index contributed by atoms with van der Waals surface area (Å²) in [5.41, 5.74) is 0. The summed E-state index contributed by atoms with van der Waals surface area (Å²) < 4.78 is 0. The van der Waals surface area contributed by atoms with E-state index in [0.29, 0.717) is 12.3 Å². The molecule has 0 aromatic rings. The fraction of sp³-hybridized carbons (Fsp3) is 0.875. The molecule has 1 saturated carbocycles. The molecule has 2 aliphatic rings. The molecule has 2 rings (SSSR count). The summed E-state index contributed by atoms with van der Waals surface area (Å²) in [6.07, 6.45) is 1.67. The molecule has 1 aliphatic carbocycles. The second-order valence-electron chi connectivity index (χ2n) is 3.45. The van der Waals surface area contributed by atoms with Gasteiger partial charge in [-0.15, -0.1) is 0 Å². The van der Waals surface area contributed by atoms with Crippen molar-refractivity contribution in [2.45, 2.75) is 12.8 Å². The molecule has 1 heterocycles. The number of hydrogen-bond acceptors (Lipinski definition) is 2. The minimum Gasteiger partial charge on any atom is -0.481 e. The van der Waals surface area contributed by atoms with Gasteiger partial charge in [-0.2, -0.15) is 11.8 Å². The number of fused-ring (bicyclic) bond motifs is 1. The second-order valence-corrected chi connectivity index (χ2v) is 4.60. The van der Waals surface area contributed by atoms with Gasteiger partial charge in [-0.1, -0.05) is 0 Å². The Balaban J connectivity index is 1.85. The summed E-state index contributed by atoms with van der Waals surface area (Å²) in [6, 6.07) is 0. The highest BCUT2D eigenvalue weighted by molar-refractivity contribution is 7.99. The third-order valence-corrected chi connectivity index (χ3v) is 3.97. The molecular formula is C8H12O2S. The summed E-state index contributed by atoms with van der Waals surface area (Å²) in [5.74, 6) is 3.90. The molecule has 0 aromatic heterocycles. The minimum absolute atomic E-state index is 0.413. The van der Waals surface area contributed by atoms with Gasteiger partial charge in [0.25, 0.3) is 0 Å². The van der Waals surface area contributed by atoms with E-state index in [1.165, 1.54) is 17.9 Å². The standard InChI is InChI=1S/C8H12O2S/c9-8(10)3-6-5-1-2-11-4-7(5)6/h5-7H,1-4H2,(H,9,10). The summed E-state index contributed by atoms with van der Waals surface area (Å²) in [4.78, 5) is 10.4.